The van der Waals surface area contributed by atoms with Gasteiger partial charge in [-0.1, -0.05) is 24.3 Å². The molecule has 4 heteroatoms. The summed E-state index contributed by atoms with van der Waals surface area (Å²) in [7, 11) is 0. The predicted molar refractivity (Wildman–Crippen MR) is 104 cm³/mol. The summed E-state index contributed by atoms with van der Waals surface area (Å²) >= 11 is 1.84. The van der Waals surface area contributed by atoms with Crippen molar-refractivity contribution < 1.29 is 4.79 Å². The first-order valence-electron chi connectivity index (χ1n) is 9.81. The van der Waals surface area contributed by atoms with Crippen molar-refractivity contribution in [3.8, 4) is 0 Å². The fraction of sp³-hybridized carbons (Fsp3) is 0.500. The van der Waals surface area contributed by atoms with E-state index in [9.17, 15) is 4.79 Å². The van der Waals surface area contributed by atoms with E-state index in [1.807, 2.05) is 36.3 Å². The van der Waals surface area contributed by atoms with Crippen LogP contribution in [0.25, 0.3) is 0 Å². The normalized spacial score (nSPS) is 27.7. The summed E-state index contributed by atoms with van der Waals surface area (Å²) in [6.45, 7) is 0. The average molecular weight is 365 g/mol. The summed E-state index contributed by atoms with van der Waals surface area (Å²) in [5.74, 6) is 2.92. The van der Waals surface area contributed by atoms with Gasteiger partial charge >= 0.3 is 0 Å². The Balaban J connectivity index is 1.24. The van der Waals surface area contributed by atoms with Crippen LogP contribution in [0.2, 0.25) is 0 Å². The number of carbonyl (C=O) groups excluding carboxylic acids is 1. The van der Waals surface area contributed by atoms with Crippen molar-refractivity contribution in [2.45, 2.75) is 55.9 Å². The van der Waals surface area contributed by atoms with Crippen molar-refractivity contribution in [3.05, 3.63) is 53.5 Å². The van der Waals surface area contributed by atoms with Gasteiger partial charge in [0, 0.05) is 28.8 Å². The monoisotopic (exact) mass is 364 g/mol. The van der Waals surface area contributed by atoms with E-state index in [4.69, 9.17) is 4.98 Å². The van der Waals surface area contributed by atoms with Gasteiger partial charge in [-0.15, -0.1) is 11.8 Å². The van der Waals surface area contributed by atoms with Gasteiger partial charge in [-0.3, -0.25) is 9.78 Å². The zero-order valence-electron chi connectivity index (χ0n) is 15.0. The van der Waals surface area contributed by atoms with Gasteiger partial charge in [0.25, 0.3) is 0 Å². The zero-order valence-corrected chi connectivity index (χ0v) is 15.8. The van der Waals surface area contributed by atoms with Gasteiger partial charge in [0.15, 0.2) is 5.78 Å². The molecule has 2 aromatic rings. The summed E-state index contributed by atoms with van der Waals surface area (Å²) in [6, 6.07) is 8.16. The molecule has 3 nitrogen and oxygen atoms in total. The number of Topliss-reactive ketones (excluding diaryl/α,β-unsaturated/α-hetero) is 1. The Hall–Kier alpha value is -1.68. The lowest BCUT2D eigenvalue weighted by Gasteiger charge is -2.35. The van der Waals surface area contributed by atoms with Crippen molar-refractivity contribution in [1.29, 1.82) is 0 Å². The minimum atomic E-state index is -0.145. The van der Waals surface area contributed by atoms with Crippen LogP contribution in [0, 0.1) is 11.3 Å². The standard InChI is InChI=1S/C22H24N2OS/c25-21-18-4-2-1-3-17(18)11-22(21)9-7-16(8-10-22)19-12-24-20(13-23-19)26-14-15-5-6-15/h1-4,12-13,15-16H,5-11,14H2. The van der Waals surface area contributed by atoms with Crippen molar-refractivity contribution in [2.24, 2.45) is 11.3 Å². The van der Waals surface area contributed by atoms with Gasteiger partial charge in [-0.25, -0.2) is 4.98 Å². The first kappa shape index (κ1) is 16.5. The highest BCUT2D eigenvalue weighted by Crippen LogP contribution is 2.50. The molecule has 2 fully saturated rings. The Morgan fingerprint density at radius 3 is 2.54 bits per heavy atom. The molecule has 5 rings (SSSR count). The van der Waals surface area contributed by atoms with E-state index in [2.05, 4.69) is 17.1 Å². The molecule has 3 aliphatic carbocycles. The number of nitrogens with zero attached hydrogens (tertiary/aromatic N) is 2. The lowest BCUT2D eigenvalue weighted by molar-refractivity contribution is 0.0732. The van der Waals surface area contributed by atoms with Gasteiger partial charge < -0.3 is 0 Å². The van der Waals surface area contributed by atoms with Gasteiger partial charge in [-0.2, -0.15) is 0 Å². The number of carbonyl (C=O) groups is 1. The third-order valence-corrected chi connectivity index (χ3v) is 7.59. The van der Waals surface area contributed by atoms with Crippen LogP contribution in [-0.2, 0) is 6.42 Å². The molecule has 0 aliphatic heterocycles. The Morgan fingerprint density at radius 1 is 1.04 bits per heavy atom. The quantitative estimate of drug-likeness (QED) is 0.711. The lowest BCUT2D eigenvalue weighted by Crippen LogP contribution is -2.32. The molecule has 0 atom stereocenters. The van der Waals surface area contributed by atoms with Crippen LogP contribution in [0.5, 0.6) is 0 Å². The lowest BCUT2D eigenvalue weighted by atomic mass is 9.67. The second-order valence-corrected chi connectivity index (χ2v) is 9.29. The van der Waals surface area contributed by atoms with E-state index in [0.717, 1.165) is 54.3 Å². The third kappa shape index (κ3) is 2.98. The molecular weight excluding hydrogens is 340 g/mol. The maximum atomic E-state index is 13.0. The van der Waals surface area contributed by atoms with E-state index in [1.54, 1.807) is 0 Å². The summed E-state index contributed by atoms with van der Waals surface area (Å²) in [4.78, 5) is 22.3. The van der Waals surface area contributed by atoms with Crippen molar-refractivity contribution >= 4 is 17.5 Å². The molecule has 0 N–H and O–H groups in total. The summed E-state index contributed by atoms with van der Waals surface area (Å²) in [5, 5.41) is 1.05. The molecule has 0 unspecified atom stereocenters. The Labute approximate surface area is 159 Å². The summed E-state index contributed by atoms with van der Waals surface area (Å²) in [5.41, 5.74) is 3.17. The molecule has 1 aromatic carbocycles. The number of rotatable bonds is 4. The Bertz CT molecular complexity index is 820. The number of ketones is 1. The highest BCUT2D eigenvalue weighted by Gasteiger charge is 2.47. The fourth-order valence-corrected chi connectivity index (χ4v) is 5.59. The van der Waals surface area contributed by atoms with Crippen molar-refractivity contribution in [2.75, 3.05) is 5.75 Å². The molecule has 0 radical (unpaired) electrons. The van der Waals surface area contributed by atoms with E-state index < -0.39 is 0 Å². The van der Waals surface area contributed by atoms with E-state index in [0.29, 0.717) is 11.7 Å². The maximum absolute atomic E-state index is 13.0. The first-order valence-corrected chi connectivity index (χ1v) is 10.8. The number of hydrogen-bond donors (Lipinski definition) is 0. The highest BCUT2D eigenvalue weighted by molar-refractivity contribution is 7.99. The molecule has 1 aromatic heterocycles. The topological polar surface area (TPSA) is 42.9 Å². The van der Waals surface area contributed by atoms with E-state index in [1.165, 1.54) is 24.2 Å². The average Bonchev–Trinajstić information content (AvgIpc) is 3.48. The minimum absolute atomic E-state index is 0.145. The second-order valence-electron chi connectivity index (χ2n) is 8.25. The largest absolute Gasteiger partial charge is 0.294 e. The van der Waals surface area contributed by atoms with Gasteiger partial charge in [0.05, 0.1) is 11.9 Å². The minimum Gasteiger partial charge on any atom is -0.294 e. The number of thioether (sulfide) groups is 1. The van der Waals surface area contributed by atoms with Crippen LogP contribution in [0.15, 0.2) is 41.7 Å². The fourth-order valence-electron chi connectivity index (χ4n) is 4.60. The zero-order chi connectivity index (χ0) is 17.6. The molecule has 26 heavy (non-hydrogen) atoms. The highest BCUT2D eigenvalue weighted by atomic mass is 32.2. The maximum Gasteiger partial charge on any atom is 0.169 e. The number of hydrogen-bond acceptors (Lipinski definition) is 4. The Kier molecular flexibility index (Phi) is 4.11. The molecule has 1 heterocycles. The molecule has 0 bridgehead atoms. The summed E-state index contributed by atoms with van der Waals surface area (Å²) < 4.78 is 0. The van der Waals surface area contributed by atoms with Crippen LogP contribution in [0.3, 0.4) is 0 Å². The smallest absolute Gasteiger partial charge is 0.169 e. The van der Waals surface area contributed by atoms with Gasteiger partial charge in [-0.05, 0) is 56.4 Å². The Morgan fingerprint density at radius 2 is 1.85 bits per heavy atom. The molecule has 1 spiro atoms. The van der Waals surface area contributed by atoms with Crippen LogP contribution in [0.1, 0.15) is 66.1 Å². The van der Waals surface area contributed by atoms with E-state index in [-0.39, 0.29) is 5.41 Å². The predicted octanol–water partition coefficient (Wildman–Crippen LogP) is 5.06. The van der Waals surface area contributed by atoms with Crippen LogP contribution >= 0.6 is 11.8 Å². The molecule has 3 aliphatic rings. The molecule has 2 saturated carbocycles. The van der Waals surface area contributed by atoms with Crippen molar-refractivity contribution in [3.63, 3.8) is 0 Å². The number of fused-ring (bicyclic) bond motifs is 1. The molecule has 134 valence electrons. The summed E-state index contributed by atoms with van der Waals surface area (Å²) in [6.07, 6.45) is 11.7. The number of aromatic nitrogens is 2. The van der Waals surface area contributed by atoms with Crippen LogP contribution < -0.4 is 0 Å². The van der Waals surface area contributed by atoms with Crippen LogP contribution in [0.4, 0.5) is 0 Å². The number of benzene rings is 1. The van der Waals surface area contributed by atoms with Crippen molar-refractivity contribution in [1.82, 2.24) is 9.97 Å². The third-order valence-electron chi connectivity index (χ3n) is 6.45. The van der Waals surface area contributed by atoms with E-state index >= 15 is 0 Å². The van der Waals surface area contributed by atoms with Gasteiger partial charge in [0.2, 0.25) is 0 Å². The van der Waals surface area contributed by atoms with Crippen LogP contribution in [-0.4, -0.2) is 21.5 Å². The van der Waals surface area contributed by atoms with Gasteiger partial charge in [0.1, 0.15) is 5.03 Å². The SMILES string of the molecule is O=C1c2ccccc2CC12CCC(c1cnc(SCC3CC3)cn1)CC2. The molecule has 0 amide bonds. The molecular formula is C22H24N2OS. The second kappa shape index (κ2) is 6.49. The molecule has 0 saturated heterocycles. The first-order chi connectivity index (χ1) is 12.7.